The highest BCUT2D eigenvalue weighted by Gasteiger charge is 2.27. The number of nitrogens with one attached hydrogen (secondary N) is 1. The molecule has 0 fully saturated rings. The van der Waals surface area contributed by atoms with Crippen LogP contribution in [-0.2, 0) is 20.6 Å². The molecule has 34 heavy (non-hydrogen) atoms. The van der Waals surface area contributed by atoms with E-state index in [1.165, 1.54) is 13.2 Å². The summed E-state index contributed by atoms with van der Waals surface area (Å²) >= 11 is 7.81. The van der Waals surface area contributed by atoms with Gasteiger partial charge in [-0.25, -0.2) is 8.42 Å². The lowest BCUT2D eigenvalue weighted by Crippen LogP contribution is -2.41. The van der Waals surface area contributed by atoms with Crippen molar-refractivity contribution in [1.82, 2.24) is 5.32 Å². The van der Waals surface area contributed by atoms with Crippen molar-refractivity contribution in [3.63, 3.8) is 0 Å². The molecule has 180 valence electrons. The number of aryl methyl sites for hydroxylation is 1. The third kappa shape index (κ3) is 6.68. The molecule has 1 amide bonds. The Morgan fingerprint density at radius 1 is 1.06 bits per heavy atom. The zero-order chi connectivity index (χ0) is 24.6. The molecule has 0 radical (unpaired) electrons. The highest BCUT2D eigenvalue weighted by molar-refractivity contribution is 7.98. The number of carbonyl (C=O) groups is 1. The smallest absolute Gasteiger partial charge is 0.264 e. The molecule has 9 heteroatoms. The zero-order valence-corrected chi connectivity index (χ0v) is 21.4. The highest BCUT2D eigenvalue weighted by atomic mass is 35.5. The van der Waals surface area contributed by atoms with E-state index < -0.39 is 10.0 Å². The zero-order valence-electron chi connectivity index (χ0n) is 19.0. The van der Waals surface area contributed by atoms with Crippen LogP contribution in [0.25, 0.3) is 0 Å². The maximum absolute atomic E-state index is 13.5. The molecule has 0 saturated carbocycles. The molecule has 3 aromatic carbocycles. The average molecular weight is 519 g/mol. The van der Waals surface area contributed by atoms with Crippen LogP contribution in [0.15, 0.2) is 77.7 Å². The van der Waals surface area contributed by atoms with Gasteiger partial charge in [0.2, 0.25) is 5.91 Å². The maximum Gasteiger partial charge on any atom is 0.264 e. The summed E-state index contributed by atoms with van der Waals surface area (Å²) in [4.78, 5) is 12.8. The summed E-state index contributed by atoms with van der Waals surface area (Å²) in [6.45, 7) is 1.86. The predicted molar refractivity (Wildman–Crippen MR) is 139 cm³/mol. The Hall–Kier alpha value is -2.68. The second-order valence-corrected chi connectivity index (χ2v) is 10.8. The monoisotopic (exact) mass is 518 g/mol. The first kappa shape index (κ1) is 25.9. The predicted octanol–water partition coefficient (Wildman–Crippen LogP) is 4.90. The lowest BCUT2D eigenvalue weighted by Gasteiger charge is -2.24. The van der Waals surface area contributed by atoms with Crippen LogP contribution in [0.5, 0.6) is 5.75 Å². The van der Waals surface area contributed by atoms with Gasteiger partial charge in [-0.2, -0.15) is 11.8 Å². The summed E-state index contributed by atoms with van der Waals surface area (Å²) < 4.78 is 33.3. The number of thioether (sulfide) groups is 1. The van der Waals surface area contributed by atoms with Gasteiger partial charge in [0.1, 0.15) is 12.3 Å². The second-order valence-electron chi connectivity index (χ2n) is 7.47. The van der Waals surface area contributed by atoms with Gasteiger partial charge in [-0.3, -0.25) is 9.10 Å². The fraction of sp³-hybridized carbons (Fsp3) is 0.240. The summed E-state index contributed by atoms with van der Waals surface area (Å²) in [7, 11) is -2.44. The summed E-state index contributed by atoms with van der Waals surface area (Å²) in [5.74, 6) is 1.62. The number of rotatable bonds is 11. The Morgan fingerprint density at radius 2 is 1.76 bits per heavy atom. The largest absolute Gasteiger partial charge is 0.496 e. The molecule has 0 aliphatic carbocycles. The van der Waals surface area contributed by atoms with E-state index in [1.807, 2.05) is 24.3 Å². The Kier molecular flexibility index (Phi) is 9.27. The lowest BCUT2D eigenvalue weighted by atomic mass is 10.2. The first-order chi connectivity index (χ1) is 16.3. The molecule has 0 atom stereocenters. The van der Waals surface area contributed by atoms with Crippen molar-refractivity contribution in [2.45, 2.75) is 17.6 Å². The summed E-state index contributed by atoms with van der Waals surface area (Å²) in [5.41, 5.74) is 2.15. The van der Waals surface area contributed by atoms with Crippen LogP contribution in [0.2, 0.25) is 5.02 Å². The van der Waals surface area contributed by atoms with Gasteiger partial charge in [-0.1, -0.05) is 48.0 Å². The summed E-state index contributed by atoms with van der Waals surface area (Å²) in [5, 5.41) is 3.54. The van der Waals surface area contributed by atoms with Crippen molar-refractivity contribution in [1.29, 1.82) is 0 Å². The van der Waals surface area contributed by atoms with Gasteiger partial charge in [0.05, 0.1) is 17.7 Å². The number of ether oxygens (including phenoxy) is 1. The molecule has 0 heterocycles. The number of benzene rings is 3. The highest BCUT2D eigenvalue weighted by Crippen LogP contribution is 2.27. The van der Waals surface area contributed by atoms with Gasteiger partial charge in [-0.15, -0.1) is 0 Å². The van der Waals surface area contributed by atoms with Crippen LogP contribution in [0.3, 0.4) is 0 Å². The van der Waals surface area contributed by atoms with Crippen molar-refractivity contribution in [3.05, 3.63) is 88.9 Å². The minimum atomic E-state index is -3.98. The van der Waals surface area contributed by atoms with E-state index in [-0.39, 0.29) is 17.3 Å². The molecule has 3 rings (SSSR count). The van der Waals surface area contributed by atoms with Crippen LogP contribution in [0.1, 0.15) is 11.1 Å². The Morgan fingerprint density at radius 3 is 2.44 bits per heavy atom. The van der Waals surface area contributed by atoms with Crippen molar-refractivity contribution in [3.8, 4) is 5.75 Å². The third-order valence-electron chi connectivity index (χ3n) is 5.07. The molecule has 3 aromatic rings. The SMILES string of the molecule is COc1ccc(S(=O)(=O)N(CC(=O)NCCSCc2ccccc2Cl)c2ccccc2)cc1C. The normalized spacial score (nSPS) is 11.1. The number of carbonyl (C=O) groups excluding carboxylic acids is 1. The van der Waals surface area contributed by atoms with Crippen LogP contribution >= 0.6 is 23.4 Å². The number of sulfonamides is 1. The minimum Gasteiger partial charge on any atom is -0.496 e. The van der Waals surface area contributed by atoms with E-state index >= 15 is 0 Å². The number of hydrogen-bond donors (Lipinski definition) is 1. The van der Waals surface area contributed by atoms with E-state index in [2.05, 4.69) is 5.32 Å². The minimum absolute atomic E-state index is 0.0951. The number of amides is 1. The topological polar surface area (TPSA) is 75.7 Å². The Labute approximate surface area is 210 Å². The fourth-order valence-corrected chi connectivity index (χ4v) is 5.95. The number of para-hydroxylation sites is 1. The molecule has 0 bridgehead atoms. The van der Waals surface area contributed by atoms with Crippen LogP contribution in [-0.4, -0.2) is 40.3 Å². The first-order valence-corrected chi connectivity index (χ1v) is 13.6. The van der Waals surface area contributed by atoms with Crippen molar-refractivity contribution in [2.24, 2.45) is 0 Å². The van der Waals surface area contributed by atoms with Crippen LogP contribution in [0, 0.1) is 6.92 Å². The van der Waals surface area contributed by atoms with Crippen molar-refractivity contribution < 1.29 is 17.9 Å². The average Bonchev–Trinajstić information content (AvgIpc) is 2.83. The molecule has 6 nitrogen and oxygen atoms in total. The lowest BCUT2D eigenvalue weighted by molar-refractivity contribution is -0.119. The van der Waals surface area contributed by atoms with Gasteiger partial charge in [0, 0.05) is 23.1 Å². The molecule has 0 aliphatic heterocycles. The van der Waals surface area contributed by atoms with Gasteiger partial charge in [0.15, 0.2) is 0 Å². The second kappa shape index (κ2) is 12.1. The van der Waals surface area contributed by atoms with Crippen molar-refractivity contribution in [2.75, 3.05) is 30.3 Å². The molecular weight excluding hydrogens is 492 g/mol. The fourth-order valence-electron chi connectivity index (χ4n) is 3.29. The van der Waals surface area contributed by atoms with Crippen LogP contribution in [0.4, 0.5) is 5.69 Å². The number of nitrogens with zero attached hydrogens (tertiary/aromatic N) is 1. The van der Waals surface area contributed by atoms with E-state index in [1.54, 1.807) is 61.2 Å². The van der Waals surface area contributed by atoms with Gasteiger partial charge in [0.25, 0.3) is 10.0 Å². The van der Waals surface area contributed by atoms with Gasteiger partial charge < -0.3 is 10.1 Å². The molecule has 1 N–H and O–H groups in total. The van der Waals surface area contributed by atoms with E-state index in [0.29, 0.717) is 29.3 Å². The summed E-state index contributed by atoms with van der Waals surface area (Å²) in [6, 6.07) is 20.9. The molecule has 0 spiro atoms. The van der Waals surface area contributed by atoms with E-state index in [4.69, 9.17) is 16.3 Å². The first-order valence-electron chi connectivity index (χ1n) is 10.6. The Balaban J connectivity index is 1.66. The van der Waals surface area contributed by atoms with Crippen LogP contribution < -0.4 is 14.4 Å². The number of anilines is 1. The number of halogens is 1. The standard InChI is InChI=1S/C25H27ClN2O4S2/c1-19-16-22(12-13-24(19)32-2)34(30,31)28(21-9-4-3-5-10-21)17-25(29)27-14-15-33-18-20-8-6-7-11-23(20)26/h3-13,16H,14-15,17-18H2,1-2H3,(H,27,29). The van der Waals surface area contributed by atoms with E-state index in [9.17, 15) is 13.2 Å². The number of hydrogen-bond acceptors (Lipinski definition) is 5. The van der Waals surface area contributed by atoms with Crippen molar-refractivity contribution >= 4 is 45.0 Å². The molecular formula is C25H27ClN2O4S2. The van der Waals surface area contributed by atoms with Gasteiger partial charge in [-0.05, 0) is 54.4 Å². The Bertz CT molecular complexity index is 1220. The van der Waals surface area contributed by atoms with Gasteiger partial charge >= 0.3 is 0 Å². The molecule has 0 aromatic heterocycles. The maximum atomic E-state index is 13.5. The molecule has 0 saturated heterocycles. The third-order valence-corrected chi connectivity index (χ3v) is 8.22. The number of methoxy groups -OCH3 is 1. The molecule has 0 aliphatic rings. The quantitative estimate of drug-likeness (QED) is 0.365. The summed E-state index contributed by atoms with van der Waals surface area (Å²) in [6.07, 6.45) is 0. The molecule has 0 unspecified atom stereocenters. The van der Waals surface area contributed by atoms with E-state index in [0.717, 1.165) is 20.6 Å².